The molecule has 3 aromatic rings. The number of hydrogen-bond acceptors (Lipinski definition) is 3. The van der Waals surface area contributed by atoms with Crippen molar-refractivity contribution in [3.63, 3.8) is 0 Å². The molecule has 0 aliphatic carbocycles. The van der Waals surface area contributed by atoms with Crippen molar-refractivity contribution in [1.29, 1.82) is 0 Å². The standard InChI is InChI=1S/C16H15N5O/c1-11-4-5-17-10-15(11)21-7-6-20(16(21)22)13-2-3-14-12(8-13)9-18-19-14/h2-5,8-10H,6-7H2,1H3,(H,18,19). The van der Waals surface area contributed by atoms with Crippen LogP contribution < -0.4 is 9.80 Å². The molecule has 0 bridgehead atoms. The lowest BCUT2D eigenvalue weighted by atomic mass is 10.2. The third-order valence-corrected chi connectivity index (χ3v) is 4.05. The van der Waals surface area contributed by atoms with Gasteiger partial charge in [0.25, 0.3) is 0 Å². The van der Waals surface area contributed by atoms with Crippen LogP contribution in [0.3, 0.4) is 0 Å². The van der Waals surface area contributed by atoms with Gasteiger partial charge in [-0.25, -0.2) is 4.79 Å². The number of hydrogen-bond donors (Lipinski definition) is 1. The second kappa shape index (κ2) is 4.84. The highest BCUT2D eigenvalue weighted by molar-refractivity contribution is 6.07. The molecular formula is C16H15N5O. The molecule has 6 nitrogen and oxygen atoms in total. The van der Waals surface area contributed by atoms with E-state index in [0.29, 0.717) is 13.1 Å². The Kier molecular flexibility index (Phi) is 2.82. The fourth-order valence-electron chi connectivity index (χ4n) is 2.84. The fraction of sp³-hybridized carbons (Fsp3) is 0.188. The van der Waals surface area contributed by atoms with Crippen molar-refractivity contribution >= 4 is 28.3 Å². The first-order chi connectivity index (χ1) is 10.7. The van der Waals surface area contributed by atoms with E-state index in [0.717, 1.165) is 27.8 Å². The third kappa shape index (κ3) is 1.92. The Morgan fingerprint density at radius 1 is 1.14 bits per heavy atom. The molecule has 22 heavy (non-hydrogen) atoms. The first kappa shape index (κ1) is 12.8. The van der Waals surface area contributed by atoms with Crippen LogP contribution in [-0.4, -0.2) is 34.3 Å². The second-order valence-corrected chi connectivity index (χ2v) is 5.39. The predicted molar refractivity (Wildman–Crippen MR) is 85.2 cm³/mol. The number of carbonyl (C=O) groups excluding carboxylic acids is 1. The van der Waals surface area contributed by atoms with Crippen molar-refractivity contribution in [2.75, 3.05) is 22.9 Å². The summed E-state index contributed by atoms with van der Waals surface area (Å²) in [7, 11) is 0. The number of benzene rings is 1. The average molecular weight is 293 g/mol. The van der Waals surface area contributed by atoms with Crippen molar-refractivity contribution < 1.29 is 4.79 Å². The number of amides is 2. The van der Waals surface area contributed by atoms with Gasteiger partial charge in [-0.2, -0.15) is 5.10 Å². The van der Waals surface area contributed by atoms with E-state index < -0.39 is 0 Å². The highest BCUT2D eigenvalue weighted by Gasteiger charge is 2.31. The maximum atomic E-state index is 12.7. The number of H-pyrrole nitrogens is 1. The summed E-state index contributed by atoms with van der Waals surface area (Å²) in [6.07, 6.45) is 5.25. The Morgan fingerprint density at radius 3 is 2.86 bits per heavy atom. The molecule has 0 atom stereocenters. The number of carbonyl (C=O) groups is 1. The van der Waals surface area contributed by atoms with Gasteiger partial charge in [0, 0.05) is 30.4 Å². The van der Waals surface area contributed by atoms with Crippen LogP contribution in [-0.2, 0) is 0 Å². The highest BCUT2D eigenvalue weighted by atomic mass is 16.2. The van der Waals surface area contributed by atoms with E-state index in [1.807, 2.05) is 31.2 Å². The van der Waals surface area contributed by atoms with E-state index in [2.05, 4.69) is 15.2 Å². The van der Waals surface area contributed by atoms with Crippen molar-refractivity contribution in [3.8, 4) is 0 Å². The molecule has 1 N–H and O–H groups in total. The second-order valence-electron chi connectivity index (χ2n) is 5.39. The van der Waals surface area contributed by atoms with Gasteiger partial charge in [0.2, 0.25) is 0 Å². The molecule has 2 amide bonds. The zero-order valence-corrected chi connectivity index (χ0v) is 12.2. The van der Waals surface area contributed by atoms with Gasteiger partial charge in [-0.15, -0.1) is 0 Å². The molecule has 2 aromatic heterocycles. The summed E-state index contributed by atoms with van der Waals surface area (Å²) >= 11 is 0. The first-order valence-electron chi connectivity index (χ1n) is 7.17. The Labute approximate surface area is 127 Å². The number of fused-ring (bicyclic) bond motifs is 1. The molecule has 1 fully saturated rings. The van der Waals surface area contributed by atoms with E-state index in [4.69, 9.17) is 0 Å². The predicted octanol–water partition coefficient (Wildman–Crippen LogP) is 2.71. The number of pyridine rings is 1. The van der Waals surface area contributed by atoms with E-state index in [-0.39, 0.29) is 6.03 Å². The number of aromatic nitrogens is 3. The molecule has 1 saturated heterocycles. The molecule has 4 rings (SSSR count). The summed E-state index contributed by atoms with van der Waals surface area (Å²) in [6.45, 7) is 3.32. The highest BCUT2D eigenvalue weighted by Crippen LogP contribution is 2.28. The summed E-state index contributed by atoms with van der Waals surface area (Å²) in [5, 5.41) is 7.93. The zero-order valence-electron chi connectivity index (χ0n) is 12.2. The summed E-state index contributed by atoms with van der Waals surface area (Å²) < 4.78 is 0. The number of anilines is 2. The van der Waals surface area contributed by atoms with Crippen LogP contribution in [0, 0.1) is 6.92 Å². The Morgan fingerprint density at radius 2 is 2.00 bits per heavy atom. The number of aryl methyl sites for hydroxylation is 1. The molecule has 110 valence electrons. The van der Waals surface area contributed by atoms with Crippen LogP contribution in [0.4, 0.5) is 16.2 Å². The molecule has 3 heterocycles. The van der Waals surface area contributed by atoms with Crippen LogP contribution in [0.5, 0.6) is 0 Å². The number of nitrogens with one attached hydrogen (secondary N) is 1. The lowest BCUT2D eigenvalue weighted by molar-refractivity contribution is 0.256. The SMILES string of the molecule is Cc1ccncc1N1CCN(c2ccc3[nH]ncc3c2)C1=O. The van der Waals surface area contributed by atoms with Crippen LogP contribution in [0.1, 0.15) is 5.56 Å². The average Bonchev–Trinajstić information content (AvgIpc) is 3.13. The van der Waals surface area contributed by atoms with Gasteiger partial charge in [0.1, 0.15) is 0 Å². The van der Waals surface area contributed by atoms with Crippen LogP contribution in [0.25, 0.3) is 10.9 Å². The minimum absolute atomic E-state index is 0.0149. The number of nitrogens with zero attached hydrogens (tertiary/aromatic N) is 4. The van der Waals surface area contributed by atoms with E-state index in [9.17, 15) is 4.79 Å². The van der Waals surface area contributed by atoms with Gasteiger partial charge in [0.05, 0.1) is 23.6 Å². The molecule has 1 aliphatic rings. The smallest absolute Gasteiger partial charge is 0.292 e. The monoisotopic (exact) mass is 293 g/mol. The van der Waals surface area contributed by atoms with Crippen LogP contribution in [0.15, 0.2) is 42.9 Å². The fourth-order valence-corrected chi connectivity index (χ4v) is 2.84. The van der Waals surface area contributed by atoms with Gasteiger partial charge in [-0.3, -0.25) is 19.9 Å². The largest absolute Gasteiger partial charge is 0.329 e. The normalized spacial score (nSPS) is 15.0. The number of rotatable bonds is 2. The molecule has 6 heteroatoms. The molecular weight excluding hydrogens is 278 g/mol. The molecule has 0 unspecified atom stereocenters. The maximum absolute atomic E-state index is 12.7. The number of urea groups is 1. The summed E-state index contributed by atoms with van der Waals surface area (Å²) in [5.41, 5.74) is 3.79. The zero-order chi connectivity index (χ0) is 15.1. The van der Waals surface area contributed by atoms with Crippen molar-refractivity contribution in [2.24, 2.45) is 0 Å². The van der Waals surface area contributed by atoms with Gasteiger partial charge in [0.15, 0.2) is 0 Å². The Bertz CT molecular complexity index is 856. The minimum atomic E-state index is -0.0149. The third-order valence-electron chi connectivity index (χ3n) is 4.05. The van der Waals surface area contributed by atoms with Gasteiger partial charge < -0.3 is 0 Å². The van der Waals surface area contributed by atoms with Crippen LogP contribution >= 0.6 is 0 Å². The quantitative estimate of drug-likeness (QED) is 0.790. The van der Waals surface area contributed by atoms with E-state index in [1.54, 1.807) is 28.4 Å². The maximum Gasteiger partial charge on any atom is 0.329 e. The Balaban J connectivity index is 1.67. The van der Waals surface area contributed by atoms with Gasteiger partial charge in [-0.1, -0.05) is 0 Å². The van der Waals surface area contributed by atoms with Crippen LogP contribution in [0.2, 0.25) is 0 Å². The molecule has 0 spiro atoms. The minimum Gasteiger partial charge on any atom is -0.292 e. The van der Waals surface area contributed by atoms with Crippen molar-refractivity contribution in [3.05, 3.63) is 48.4 Å². The lowest BCUT2D eigenvalue weighted by Crippen LogP contribution is -2.32. The van der Waals surface area contributed by atoms with Gasteiger partial charge >= 0.3 is 6.03 Å². The first-order valence-corrected chi connectivity index (χ1v) is 7.17. The molecule has 1 aliphatic heterocycles. The summed E-state index contributed by atoms with van der Waals surface area (Å²) in [4.78, 5) is 20.4. The summed E-state index contributed by atoms with van der Waals surface area (Å²) in [6, 6.07) is 7.78. The van der Waals surface area contributed by atoms with E-state index in [1.165, 1.54) is 0 Å². The summed E-state index contributed by atoms with van der Waals surface area (Å²) in [5.74, 6) is 0. The topological polar surface area (TPSA) is 65.1 Å². The number of aromatic amines is 1. The van der Waals surface area contributed by atoms with E-state index >= 15 is 0 Å². The van der Waals surface area contributed by atoms with Crippen molar-refractivity contribution in [1.82, 2.24) is 15.2 Å². The lowest BCUT2D eigenvalue weighted by Gasteiger charge is -2.20. The van der Waals surface area contributed by atoms with Crippen molar-refractivity contribution in [2.45, 2.75) is 6.92 Å². The molecule has 0 saturated carbocycles. The molecule has 1 aromatic carbocycles. The van der Waals surface area contributed by atoms with Gasteiger partial charge in [-0.05, 0) is 36.8 Å². The molecule has 0 radical (unpaired) electrons. The Hall–Kier alpha value is -2.89.